The van der Waals surface area contributed by atoms with Gasteiger partial charge < -0.3 is 10.1 Å². The third kappa shape index (κ3) is 5.70. The zero-order chi connectivity index (χ0) is 15.2. The largest absolute Gasteiger partial charge is 0.444 e. The molecule has 0 unspecified atom stereocenters. The fraction of sp³-hybridized carbons (Fsp3) is 0.400. The van der Waals surface area contributed by atoms with Crippen molar-refractivity contribution >= 4 is 6.09 Å². The lowest BCUT2D eigenvalue weighted by Crippen LogP contribution is -2.32. The summed E-state index contributed by atoms with van der Waals surface area (Å²) < 4.78 is 31.2. The van der Waals surface area contributed by atoms with Gasteiger partial charge in [-0.1, -0.05) is 17.9 Å². The van der Waals surface area contributed by atoms with Gasteiger partial charge in [-0.2, -0.15) is 0 Å². The number of rotatable bonds is 2. The summed E-state index contributed by atoms with van der Waals surface area (Å²) in [6.07, 6.45) is -0.217. The van der Waals surface area contributed by atoms with Gasteiger partial charge in [-0.25, -0.2) is 13.6 Å². The molecule has 0 aliphatic rings. The quantitative estimate of drug-likeness (QED) is 0.667. The van der Waals surface area contributed by atoms with Crippen molar-refractivity contribution in [3.05, 3.63) is 35.4 Å². The van der Waals surface area contributed by atoms with Crippen LogP contribution in [0.1, 0.15) is 32.8 Å². The Morgan fingerprint density at radius 2 is 2.05 bits per heavy atom. The normalized spacial score (nSPS) is 10.4. The summed E-state index contributed by atoms with van der Waals surface area (Å²) in [5.74, 6) is 3.29. The van der Waals surface area contributed by atoms with Crippen LogP contribution in [0.5, 0.6) is 0 Å². The van der Waals surface area contributed by atoms with Crippen LogP contribution in [0.2, 0.25) is 0 Å². The van der Waals surface area contributed by atoms with E-state index < -0.39 is 23.3 Å². The molecule has 1 amide bonds. The molecule has 1 aromatic rings. The first kappa shape index (κ1) is 16.0. The van der Waals surface area contributed by atoms with E-state index in [4.69, 9.17) is 4.74 Å². The van der Waals surface area contributed by atoms with Crippen molar-refractivity contribution in [1.82, 2.24) is 5.32 Å². The van der Waals surface area contributed by atoms with Gasteiger partial charge in [0.1, 0.15) is 5.60 Å². The molecule has 0 aromatic heterocycles. The van der Waals surface area contributed by atoms with Crippen LogP contribution in [-0.2, 0) is 4.74 Å². The molecule has 0 heterocycles. The number of benzene rings is 1. The summed E-state index contributed by atoms with van der Waals surface area (Å²) in [6, 6.07) is 3.82. The third-order valence-electron chi connectivity index (χ3n) is 2.09. The summed E-state index contributed by atoms with van der Waals surface area (Å²) in [5.41, 5.74) is -0.553. The number of carbonyl (C=O) groups is 1. The number of nitrogens with one attached hydrogen (secondary N) is 1. The van der Waals surface area contributed by atoms with Gasteiger partial charge >= 0.3 is 6.09 Å². The van der Waals surface area contributed by atoms with Crippen molar-refractivity contribution in [1.29, 1.82) is 0 Å². The standard InChI is InChI=1S/C15H17F2NO2/c1-15(2,3)20-14(19)18-10-5-4-7-11-8-6-9-12(16)13(11)17/h6,8-9H,5,10H2,1-3H3,(H,18,19). The van der Waals surface area contributed by atoms with Crippen LogP contribution in [0.25, 0.3) is 0 Å². The summed E-state index contributed by atoms with van der Waals surface area (Å²) in [6.45, 7) is 5.57. The van der Waals surface area contributed by atoms with E-state index >= 15 is 0 Å². The van der Waals surface area contributed by atoms with Gasteiger partial charge in [0.05, 0.1) is 5.56 Å². The van der Waals surface area contributed by atoms with Crippen molar-refractivity contribution in [3.8, 4) is 11.8 Å². The van der Waals surface area contributed by atoms with Gasteiger partial charge in [0.15, 0.2) is 11.6 Å². The minimum absolute atomic E-state index is 0.00210. The van der Waals surface area contributed by atoms with Crippen LogP contribution in [-0.4, -0.2) is 18.2 Å². The SMILES string of the molecule is CC(C)(C)OC(=O)NCCC#Cc1cccc(F)c1F. The maximum Gasteiger partial charge on any atom is 0.407 e. The zero-order valence-electron chi connectivity index (χ0n) is 11.7. The number of hydrogen-bond acceptors (Lipinski definition) is 2. The van der Waals surface area contributed by atoms with Crippen LogP contribution < -0.4 is 5.32 Å². The van der Waals surface area contributed by atoms with Crippen molar-refractivity contribution < 1.29 is 18.3 Å². The number of halogens is 2. The predicted molar refractivity (Wildman–Crippen MR) is 72.1 cm³/mol. The highest BCUT2D eigenvalue weighted by Crippen LogP contribution is 2.09. The van der Waals surface area contributed by atoms with Crippen LogP contribution in [0.15, 0.2) is 18.2 Å². The van der Waals surface area contributed by atoms with Crippen molar-refractivity contribution in [2.24, 2.45) is 0 Å². The zero-order valence-corrected chi connectivity index (χ0v) is 11.7. The second-order valence-electron chi connectivity index (χ2n) is 5.08. The van der Waals surface area contributed by atoms with Crippen molar-refractivity contribution in [2.45, 2.75) is 32.8 Å². The molecule has 0 atom stereocenters. The van der Waals surface area contributed by atoms with Gasteiger partial charge in [-0.05, 0) is 32.9 Å². The fourth-order valence-corrected chi connectivity index (χ4v) is 1.30. The average molecular weight is 281 g/mol. The Labute approximate surface area is 117 Å². The second-order valence-corrected chi connectivity index (χ2v) is 5.08. The number of ether oxygens (including phenoxy) is 1. The van der Waals surface area contributed by atoms with E-state index in [0.29, 0.717) is 6.42 Å². The number of amides is 1. The molecular weight excluding hydrogens is 264 g/mol. The molecule has 5 heteroatoms. The van der Waals surface area contributed by atoms with E-state index in [1.165, 1.54) is 12.1 Å². The smallest absolute Gasteiger partial charge is 0.407 e. The Bertz CT molecular complexity index is 539. The molecule has 0 saturated carbocycles. The van der Waals surface area contributed by atoms with E-state index in [1.807, 2.05) is 0 Å². The minimum Gasteiger partial charge on any atom is -0.444 e. The predicted octanol–water partition coefficient (Wildman–Crippen LogP) is 3.23. The molecule has 0 aliphatic carbocycles. The summed E-state index contributed by atoms with van der Waals surface area (Å²) in [5, 5.41) is 2.52. The molecule has 1 rings (SSSR count). The van der Waals surface area contributed by atoms with Crippen molar-refractivity contribution in [2.75, 3.05) is 6.54 Å². The molecule has 0 aliphatic heterocycles. The first-order valence-corrected chi connectivity index (χ1v) is 6.19. The Balaban J connectivity index is 2.41. The van der Waals surface area contributed by atoms with E-state index in [9.17, 15) is 13.6 Å². The molecular formula is C15H17F2NO2. The van der Waals surface area contributed by atoms with Gasteiger partial charge in [0.2, 0.25) is 0 Å². The molecule has 0 radical (unpaired) electrons. The first-order valence-electron chi connectivity index (χ1n) is 6.19. The minimum atomic E-state index is -0.958. The molecule has 108 valence electrons. The lowest BCUT2D eigenvalue weighted by atomic mass is 10.2. The molecule has 1 aromatic carbocycles. The maximum absolute atomic E-state index is 13.3. The molecule has 0 bridgehead atoms. The van der Waals surface area contributed by atoms with E-state index in [0.717, 1.165) is 6.07 Å². The van der Waals surface area contributed by atoms with Gasteiger partial charge in [0.25, 0.3) is 0 Å². The Kier molecular flexibility index (Phi) is 5.51. The second kappa shape index (κ2) is 6.90. The average Bonchev–Trinajstić information content (AvgIpc) is 2.31. The van der Waals surface area contributed by atoms with Crippen LogP contribution >= 0.6 is 0 Å². The van der Waals surface area contributed by atoms with E-state index in [1.54, 1.807) is 20.8 Å². The topological polar surface area (TPSA) is 38.3 Å². The third-order valence-corrected chi connectivity index (χ3v) is 2.09. The molecule has 20 heavy (non-hydrogen) atoms. The molecule has 0 spiro atoms. The molecule has 3 nitrogen and oxygen atoms in total. The van der Waals surface area contributed by atoms with Crippen LogP contribution in [0.3, 0.4) is 0 Å². The number of hydrogen-bond donors (Lipinski definition) is 1. The summed E-state index contributed by atoms with van der Waals surface area (Å²) >= 11 is 0. The van der Waals surface area contributed by atoms with Gasteiger partial charge in [-0.3, -0.25) is 0 Å². The lowest BCUT2D eigenvalue weighted by molar-refractivity contribution is 0.0529. The highest BCUT2D eigenvalue weighted by atomic mass is 19.2. The highest BCUT2D eigenvalue weighted by molar-refractivity contribution is 5.67. The van der Waals surface area contributed by atoms with E-state index in [-0.39, 0.29) is 12.1 Å². The van der Waals surface area contributed by atoms with Gasteiger partial charge in [0, 0.05) is 13.0 Å². The highest BCUT2D eigenvalue weighted by Gasteiger charge is 2.15. The monoisotopic (exact) mass is 281 g/mol. The Morgan fingerprint density at radius 1 is 1.35 bits per heavy atom. The Morgan fingerprint density at radius 3 is 2.70 bits per heavy atom. The summed E-state index contributed by atoms with van der Waals surface area (Å²) in [4.78, 5) is 11.3. The van der Waals surface area contributed by atoms with Crippen molar-refractivity contribution in [3.63, 3.8) is 0 Å². The Hall–Kier alpha value is -2.09. The molecule has 1 N–H and O–H groups in total. The number of carbonyl (C=O) groups excluding carboxylic acids is 1. The van der Waals surface area contributed by atoms with Crippen LogP contribution in [0, 0.1) is 23.5 Å². The van der Waals surface area contributed by atoms with Gasteiger partial charge in [-0.15, -0.1) is 0 Å². The van der Waals surface area contributed by atoms with Crippen LogP contribution in [0.4, 0.5) is 13.6 Å². The molecule has 0 fully saturated rings. The maximum atomic E-state index is 13.3. The summed E-state index contributed by atoms with van der Waals surface area (Å²) in [7, 11) is 0. The van der Waals surface area contributed by atoms with E-state index in [2.05, 4.69) is 17.2 Å². The fourth-order valence-electron chi connectivity index (χ4n) is 1.30. The first-order chi connectivity index (χ1) is 9.29. The molecule has 0 saturated heterocycles. The number of alkyl carbamates (subject to hydrolysis) is 1. The lowest BCUT2D eigenvalue weighted by Gasteiger charge is -2.19.